The van der Waals surface area contributed by atoms with Crippen molar-refractivity contribution in [3.05, 3.63) is 35.8 Å². The molecule has 1 heterocycles. The van der Waals surface area contributed by atoms with E-state index >= 15 is 0 Å². The van der Waals surface area contributed by atoms with Crippen LogP contribution in [0.1, 0.15) is 24.2 Å². The Hall–Kier alpha value is -1.89. The van der Waals surface area contributed by atoms with Crippen LogP contribution in [0.3, 0.4) is 0 Å². The zero-order valence-electron chi connectivity index (χ0n) is 13.7. The predicted octanol–water partition coefficient (Wildman–Crippen LogP) is 2.21. The third-order valence-electron chi connectivity index (χ3n) is 4.10. The van der Waals surface area contributed by atoms with Crippen LogP contribution in [-0.4, -0.2) is 48.4 Å². The average Bonchev–Trinajstić information content (AvgIpc) is 2.81. The number of carbonyl (C=O) groups is 1. The smallest absolute Gasteiger partial charge is 0.256 e. The van der Waals surface area contributed by atoms with Crippen LogP contribution in [0.15, 0.2) is 24.4 Å². The minimum atomic E-state index is -3.18. The molecule has 0 bridgehead atoms. The second kappa shape index (κ2) is 6.31. The monoisotopic (exact) mass is 340 g/mol. The first-order valence-electron chi connectivity index (χ1n) is 7.38. The van der Waals surface area contributed by atoms with Crippen molar-refractivity contribution in [3.8, 4) is 0 Å². The molecule has 2 rings (SSSR count). The summed E-state index contributed by atoms with van der Waals surface area (Å²) in [6.45, 7) is 3.27. The number of sulfone groups is 1. The van der Waals surface area contributed by atoms with Gasteiger partial charge in [-0.3, -0.25) is 4.79 Å². The molecule has 5 nitrogen and oxygen atoms in total. The Morgan fingerprint density at radius 3 is 2.65 bits per heavy atom. The highest BCUT2D eigenvalue weighted by atomic mass is 32.2. The number of rotatable bonds is 5. The molecular weight excluding hydrogens is 319 g/mol. The molecule has 0 N–H and O–H groups in total. The van der Waals surface area contributed by atoms with Crippen molar-refractivity contribution in [1.82, 2.24) is 9.47 Å². The van der Waals surface area contributed by atoms with E-state index in [0.717, 1.165) is 5.52 Å². The molecule has 126 valence electrons. The number of carbonyl (C=O) groups excluding carboxylic acids is 1. The molecule has 1 unspecified atom stereocenters. The van der Waals surface area contributed by atoms with Gasteiger partial charge in [0.2, 0.25) is 0 Å². The largest absolute Gasteiger partial charge is 0.350 e. The summed E-state index contributed by atoms with van der Waals surface area (Å²) in [5.74, 6) is -0.786. The van der Waals surface area contributed by atoms with E-state index in [0.29, 0.717) is 10.9 Å². The topological polar surface area (TPSA) is 59.4 Å². The predicted molar refractivity (Wildman–Crippen MR) is 88.8 cm³/mol. The number of nitrogens with zero attached hydrogens (tertiary/aromatic N) is 2. The summed E-state index contributed by atoms with van der Waals surface area (Å²) in [6.07, 6.45) is 1.64. The number of fused-ring (bicyclic) bond motifs is 1. The lowest BCUT2D eigenvalue weighted by Crippen LogP contribution is -2.39. The van der Waals surface area contributed by atoms with Gasteiger partial charge in [-0.1, -0.05) is 6.92 Å². The molecule has 1 amide bonds. The van der Waals surface area contributed by atoms with E-state index in [1.54, 1.807) is 44.8 Å². The highest BCUT2D eigenvalue weighted by Crippen LogP contribution is 2.23. The lowest BCUT2D eigenvalue weighted by molar-refractivity contribution is 0.0758. The number of benzene rings is 1. The number of amides is 1. The normalized spacial score (nSPS) is 13.3. The number of hydrogen-bond acceptors (Lipinski definition) is 3. The summed E-state index contributed by atoms with van der Waals surface area (Å²) < 4.78 is 38.7. The van der Waals surface area contributed by atoms with Crippen LogP contribution < -0.4 is 0 Å². The van der Waals surface area contributed by atoms with E-state index in [2.05, 4.69) is 0 Å². The molecule has 7 heteroatoms. The third-order valence-corrected chi connectivity index (χ3v) is 5.97. The fraction of sp³-hybridized carbons (Fsp3) is 0.438. The zero-order chi connectivity index (χ0) is 17.4. The molecule has 2 aromatic rings. The first kappa shape index (κ1) is 17.5. The van der Waals surface area contributed by atoms with Crippen molar-refractivity contribution in [2.24, 2.45) is 7.05 Å². The summed E-state index contributed by atoms with van der Waals surface area (Å²) in [4.78, 5) is 14.1. The minimum Gasteiger partial charge on any atom is -0.350 e. The Labute approximate surface area is 135 Å². The van der Waals surface area contributed by atoms with Gasteiger partial charge in [0.05, 0.1) is 11.3 Å². The van der Waals surface area contributed by atoms with Gasteiger partial charge in [0.1, 0.15) is 5.82 Å². The van der Waals surface area contributed by atoms with Gasteiger partial charge in [0, 0.05) is 43.0 Å². The van der Waals surface area contributed by atoms with Crippen molar-refractivity contribution >= 4 is 26.6 Å². The van der Waals surface area contributed by atoms with E-state index in [1.807, 2.05) is 0 Å². The Balaban J connectivity index is 2.35. The average molecular weight is 340 g/mol. The summed E-state index contributed by atoms with van der Waals surface area (Å²) in [7, 11) is 0.163. The van der Waals surface area contributed by atoms with Crippen molar-refractivity contribution in [3.63, 3.8) is 0 Å². The maximum absolute atomic E-state index is 13.5. The quantitative estimate of drug-likeness (QED) is 0.838. The third kappa shape index (κ3) is 3.55. The molecule has 0 saturated carbocycles. The van der Waals surface area contributed by atoms with Crippen LogP contribution >= 0.6 is 0 Å². The van der Waals surface area contributed by atoms with Crippen molar-refractivity contribution in [2.45, 2.75) is 19.9 Å². The lowest BCUT2D eigenvalue weighted by atomic mass is 10.1. The van der Waals surface area contributed by atoms with E-state index in [-0.39, 0.29) is 17.4 Å². The number of aryl methyl sites for hydroxylation is 1. The maximum Gasteiger partial charge on any atom is 0.256 e. The highest BCUT2D eigenvalue weighted by Gasteiger charge is 2.24. The molecule has 0 saturated heterocycles. The van der Waals surface area contributed by atoms with Crippen molar-refractivity contribution in [1.29, 1.82) is 0 Å². The molecule has 0 aliphatic carbocycles. The first-order chi connectivity index (χ1) is 10.7. The Morgan fingerprint density at radius 1 is 1.39 bits per heavy atom. The van der Waals surface area contributed by atoms with Gasteiger partial charge < -0.3 is 9.47 Å². The number of hydrogen-bond donors (Lipinski definition) is 0. The van der Waals surface area contributed by atoms with Crippen LogP contribution in [0, 0.1) is 5.82 Å². The summed E-state index contributed by atoms with van der Waals surface area (Å²) in [6, 6.07) is 3.82. The first-order valence-corrected chi connectivity index (χ1v) is 9.20. The van der Waals surface area contributed by atoms with Crippen molar-refractivity contribution < 1.29 is 17.6 Å². The molecule has 23 heavy (non-hydrogen) atoms. The standard InChI is InChI=1S/C16H21FN2O3S/c1-5-23(21,22)10-11(2)19(4)16(20)14-9-18(3)15-7-6-12(17)8-13(14)15/h6-9,11H,5,10H2,1-4H3. The van der Waals surface area contributed by atoms with Crippen LogP contribution in [-0.2, 0) is 16.9 Å². The Bertz CT molecular complexity index is 842. The fourth-order valence-electron chi connectivity index (χ4n) is 2.52. The van der Waals surface area contributed by atoms with Crippen molar-refractivity contribution in [2.75, 3.05) is 18.6 Å². The van der Waals surface area contributed by atoms with Gasteiger partial charge in [-0.25, -0.2) is 12.8 Å². The summed E-state index contributed by atoms with van der Waals surface area (Å²) in [5.41, 5.74) is 1.11. The lowest BCUT2D eigenvalue weighted by Gasteiger charge is -2.24. The van der Waals surface area contributed by atoms with Gasteiger partial charge in [0.25, 0.3) is 5.91 Å². The van der Waals surface area contributed by atoms with Crippen LogP contribution in [0.4, 0.5) is 4.39 Å². The summed E-state index contributed by atoms with van der Waals surface area (Å²) in [5, 5.41) is 0.523. The van der Waals surface area contributed by atoms with E-state index in [1.165, 1.54) is 17.0 Å². The zero-order valence-corrected chi connectivity index (χ0v) is 14.5. The molecule has 1 atom stereocenters. The van der Waals surface area contributed by atoms with E-state index in [9.17, 15) is 17.6 Å². The van der Waals surface area contributed by atoms with Crippen LogP contribution in [0.5, 0.6) is 0 Å². The minimum absolute atomic E-state index is 0.0405. The summed E-state index contributed by atoms with van der Waals surface area (Å²) >= 11 is 0. The van der Waals surface area contributed by atoms with Gasteiger partial charge in [0.15, 0.2) is 9.84 Å². The molecule has 0 radical (unpaired) electrons. The number of aromatic nitrogens is 1. The SMILES string of the molecule is CCS(=O)(=O)CC(C)N(C)C(=O)c1cn(C)c2ccc(F)cc12. The Morgan fingerprint density at radius 2 is 2.04 bits per heavy atom. The molecule has 1 aromatic carbocycles. The molecule has 0 fully saturated rings. The van der Waals surface area contributed by atoms with Gasteiger partial charge in [-0.15, -0.1) is 0 Å². The number of halogens is 1. The van der Waals surface area contributed by atoms with E-state index < -0.39 is 21.7 Å². The second-order valence-corrected chi connectivity index (χ2v) is 8.18. The molecule has 0 aliphatic rings. The highest BCUT2D eigenvalue weighted by molar-refractivity contribution is 7.91. The fourth-order valence-corrected chi connectivity index (χ4v) is 3.72. The second-order valence-electron chi connectivity index (χ2n) is 5.78. The van der Waals surface area contributed by atoms with Crippen LogP contribution in [0.25, 0.3) is 10.9 Å². The Kier molecular flexibility index (Phi) is 4.79. The molecular formula is C16H21FN2O3S. The maximum atomic E-state index is 13.5. The molecule has 0 spiro atoms. The van der Waals surface area contributed by atoms with Crippen LogP contribution in [0.2, 0.25) is 0 Å². The van der Waals surface area contributed by atoms with Gasteiger partial charge in [-0.2, -0.15) is 0 Å². The van der Waals surface area contributed by atoms with Gasteiger partial charge >= 0.3 is 0 Å². The molecule has 1 aromatic heterocycles. The van der Waals surface area contributed by atoms with Gasteiger partial charge in [-0.05, 0) is 25.1 Å². The van der Waals surface area contributed by atoms with E-state index in [4.69, 9.17) is 0 Å². The molecule has 0 aliphatic heterocycles.